The zero-order chi connectivity index (χ0) is 17.6. The van der Waals surface area contributed by atoms with Gasteiger partial charge in [-0.3, -0.25) is 9.48 Å². The summed E-state index contributed by atoms with van der Waals surface area (Å²) < 4.78 is 12.4. The van der Waals surface area contributed by atoms with Crippen LogP contribution < -0.4 is 10.1 Å². The first-order valence-corrected chi connectivity index (χ1v) is 7.90. The van der Waals surface area contributed by atoms with Gasteiger partial charge in [-0.25, -0.2) is 0 Å². The summed E-state index contributed by atoms with van der Waals surface area (Å²) in [5, 5.41) is 11.0. The van der Waals surface area contributed by atoms with Gasteiger partial charge in [0.05, 0.1) is 17.8 Å². The molecule has 1 N–H and O–H groups in total. The molecule has 1 atom stereocenters. The fourth-order valence-corrected chi connectivity index (χ4v) is 2.84. The topological polar surface area (TPSA) is 95.1 Å². The van der Waals surface area contributed by atoms with Crippen LogP contribution in [-0.2, 0) is 7.05 Å². The normalized spacial score (nSPS) is 15.7. The Morgan fingerprint density at radius 3 is 2.88 bits per heavy atom. The molecular formula is C17H17N5O3. The number of nitrogens with one attached hydrogen (secondary N) is 1. The maximum atomic E-state index is 12.5. The van der Waals surface area contributed by atoms with E-state index in [4.69, 9.17) is 9.26 Å². The van der Waals surface area contributed by atoms with Crippen molar-refractivity contribution >= 4 is 5.91 Å². The van der Waals surface area contributed by atoms with Gasteiger partial charge in [-0.15, -0.1) is 0 Å². The molecule has 1 aromatic carbocycles. The predicted octanol–water partition coefficient (Wildman–Crippen LogP) is 1.95. The number of aryl methyl sites for hydroxylation is 2. The van der Waals surface area contributed by atoms with Crippen LogP contribution in [0.15, 0.2) is 28.9 Å². The molecule has 8 nitrogen and oxygen atoms in total. The fourth-order valence-electron chi connectivity index (χ4n) is 2.84. The van der Waals surface area contributed by atoms with Gasteiger partial charge in [0.1, 0.15) is 12.4 Å². The Kier molecular flexibility index (Phi) is 3.52. The molecule has 0 bridgehead atoms. The molecule has 0 saturated carbocycles. The molecule has 0 spiro atoms. The lowest BCUT2D eigenvalue weighted by atomic mass is 10.1. The van der Waals surface area contributed by atoms with E-state index in [0.29, 0.717) is 29.6 Å². The molecule has 3 aromatic rings. The third kappa shape index (κ3) is 2.65. The van der Waals surface area contributed by atoms with Crippen LogP contribution in [0.1, 0.15) is 33.5 Å². The van der Waals surface area contributed by atoms with Gasteiger partial charge in [-0.1, -0.05) is 17.3 Å². The Bertz CT molecular complexity index is 959. The van der Waals surface area contributed by atoms with Crippen molar-refractivity contribution in [3.05, 3.63) is 47.1 Å². The fraction of sp³-hybridized carbons (Fsp3) is 0.294. The molecule has 4 rings (SSSR count). The number of rotatable bonds is 3. The van der Waals surface area contributed by atoms with Gasteiger partial charge >= 0.3 is 0 Å². The van der Waals surface area contributed by atoms with E-state index in [1.807, 2.05) is 25.1 Å². The summed E-state index contributed by atoms with van der Waals surface area (Å²) in [7, 11) is 1.81. The highest BCUT2D eigenvalue weighted by Crippen LogP contribution is 2.35. The second-order valence-corrected chi connectivity index (χ2v) is 5.99. The number of hydrogen-bond acceptors (Lipinski definition) is 6. The molecule has 0 aliphatic carbocycles. The van der Waals surface area contributed by atoms with Crippen LogP contribution >= 0.6 is 0 Å². The van der Waals surface area contributed by atoms with E-state index < -0.39 is 0 Å². The lowest BCUT2D eigenvalue weighted by Gasteiger charge is -2.11. The van der Waals surface area contributed by atoms with Crippen LogP contribution in [0, 0.1) is 13.8 Å². The summed E-state index contributed by atoms with van der Waals surface area (Å²) in [5.41, 5.74) is 3.12. The number of carbonyl (C=O) groups is 1. The van der Waals surface area contributed by atoms with E-state index in [-0.39, 0.29) is 11.9 Å². The van der Waals surface area contributed by atoms with E-state index in [2.05, 4.69) is 20.6 Å². The van der Waals surface area contributed by atoms with E-state index >= 15 is 0 Å². The monoisotopic (exact) mass is 339 g/mol. The molecule has 128 valence electrons. The second-order valence-electron chi connectivity index (χ2n) is 5.99. The first-order valence-electron chi connectivity index (χ1n) is 7.90. The van der Waals surface area contributed by atoms with Crippen LogP contribution in [0.5, 0.6) is 5.75 Å². The maximum absolute atomic E-state index is 12.5. The van der Waals surface area contributed by atoms with Crippen molar-refractivity contribution < 1.29 is 14.1 Å². The lowest BCUT2D eigenvalue weighted by Crippen LogP contribution is -2.29. The first kappa shape index (κ1) is 15.4. The number of carbonyl (C=O) groups excluding carboxylic acids is 1. The van der Waals surface area contributed by atoms with Crippen molar-refractivity contribution in [1.29, 1.82) is 0 Å². The maximum Gasteiger partial charge on any atom is 0.255 e. The summed E-state index contributed by atoms with van der Waals surface area (Å²) in [4.78, 5) is 16.7. The molecule has 1 unspecified atom stereocenters. The smallest absolute Gasteiger partial charge is 0.255 e. The van der Waals surface area contributed by atoms with Gasteiger partial charge in [-0.05, 0) is 13.0 Å². The Labute approximate surface area is 143 Å². The first-order chi connectivity index (χ1) is 12.0. The van der Waals surface area contributed by atoms with Crippen molar-refractivity contribution in [1.82, 2.24) is 25.2 Å². The van der Waals surface area contributed by atoms with Crippen LogP contribution in [0.4, 0.5) is 0 Å². The molecule has 1 aliphatic heterocycles. The average Bonchev–Trinajstić information content (AvgIpc) is 3.28. The zero-order valence-electron chi connectivity index (χ0n) is 14.1. The van der Waals surface area contributed by atoms with Gasteiger partial charge < -0.3 is 14.6 Å². The Hall–Kier alpha value is -3.16. The Morgan fingerprint density at radius 1 is 1.36 bits per heavy atom. The van der Waals surface area contributed by atoms with E-state index in [9.17, 15) is 4.79 Å². The van der Waals surface area contributed by atoms with Crippen LogP contribution in [0.2, 0.25) is 0 Å². The number of fused-ring (bicyclic) bond motifs is 1. The predicted molar refractivity (Wildman–Crippen MR) is 88.1 cm³/mol. The number of aromatic nitrogens is 4. The highest BCUT2D eigenvalue weighted by Gasteiger charge is 2.27. The van der Waals surface area contributed by atoms with E-state index in [1.54, 1.807) is 24.9 Å². The molecule has 0 radical (unpaired) electrons. The highest BCUT2D eigenvalue weighted by atomic mass is 16.5. The van der Waals surface area contributed by atoms with E-state index in [1.165, 1.54) is 0 Å². The number of hydrogen-bond donors (Lipinski definition) is 1. The van der Waals surface area contributed by atoms with Gasteiger partial charge in [0.25, 0.3) is 5.91 Å². The molecule has 0 fully saturated rings. The second kappa shape index (κ2) is 5.73. The minimum absolute atomic E-state index is 0.162. The summed E-state index contributed by atoms with van der Waals surface area (Å²) in [5.74, 6) is 1.58. The average molecular weight is 339 g/mol. The van der Waals surface area contributed by atoms with Crippen LogP contribution in [0.3, 0.4) is 0 Å². The minimum atomic E-state index is -0.205. The SMILES string of the molecule is Cc1nc(-c2ccc3c(c2)OCC3NC(=O)c2cnn(C)c2C)no1. The Balaban J connectivity index is 1.56. The highest BCUT2D eigenvalue weighted by molar-refractivity contribution is 5.95. The summed E-state index contributed by atoms with van der Waals surface area (Å²) in [6.07, 6.45) is 1.57. The number of benzene rings is 1. The molecule has 25 heavy (non-hydrogen) atoms. The van der Waals surface area contributed by atoms with Crippen molar-refractivity contribution in [2.24, 2.45) is 7.05 Å². The number of amides is 1. The quantitative estimate of drug-likeness (QED) is 0.784. The zero-order valence-corrected chi connectivity index (χ0v) is 14.1. The van der Waals surface area contributed by atoms with Gasteiger partial charge in [-0.2, -0.15) is 10.1 Å². The van der Waals surface area contributed by atoms with Gasteiger partial charge in [0, 0.05) is 30.8 Å². The molecule has 3 heterocycles. The van der Waals surface area contributed by atoms with Crippen LogP contribution in [0.25, 0.3) is 11.4 Å². The van der Waals surface area contributed by atoms with Crippen molar-refractivity contribution in [2.45, 2.75) is 19.9 Å². The summed E-state index contributed by atoms with van der Waals surface area (Å²) in [6.45, 7) is 3.99. The van der Waals surface area contributed by atoms with Crippen molar-refractivity contribution in [3.8, 4) is 17.1 Å². The summed E-state index contributed by atoms with van der Waals surface area (Å²) >= 11 is 0. The van der Waals surface area contributed by atoms with Gasteiger partial charge in [0.2, 0.25) is 11.7 Å². The third-order valence-corrected chi connectivity index (χ3v) is 4.37. The van der Waals surface area contributed by atoms with Crippen molar-refractivity contribution in [2.75, 3.05) is 6.61 Å². The summed E-state index contributed by atoms with van der Waals surface area (Å²) in [6, 6.07) is 5.47. The molecule has 1 amide bonds. The number of ether oxygens (including phenoxy) is 1. The van der Waals surface area contributed by atoms with Crippen molar-refractivity contribution in [3.63, 3.8) is 0 Å². The molecule has 2 aromatic heterocycles. The van der Waals surface area contributed by atoms with E-state index in [0.717, 1.165) is 16.8 Å². The molecule has 0 saturated heterocycles. The van der Waals surface area contributed by atoms with Gasteiger partial charge in [0.15, 0.2) is 0 Å². The molecule has 8 heteroatoms. The van der Waals surface area contributed by atoms with Crippen LogP contribution in [-0.4, -0.2) is 32.4 Å². The largest absolute Gasteiger partial charge is 0.491 e. The lowest BCUT2D eigenvalue weighted by molar-refractivity contribution is 0.0929. The standard InChI is InChI=1S/C17H17N5O3/c1-9-13(7-18-22(9)3)17(23)20-14-8-24-15-6-11(4-5-12(14)15)16-19-10(2)25-21-16/h4-7,14H,8H2,1-3H3,(H,20,23). The third-order valence-electron chi connectivity index (χ3n) is 4.37. The molecular weight excluding hydrogens is 322 g/mol. The number of nitrogens with zero attached hydrogens (tertiary/aromatic N) is 4. The Morgan fingerprint density at radius 2 is 2.20 bits per heavy atom. The molecule has 1 aliphatic rings. The minimum Gasteiger partial charge on any atom is -0.491 e.